The third-order valence-corrected chi connectivity index (χ3v) is 6.46. The van der Waals surface area contributed by atoms with Crippen LogP contribution in [0.25, 0.3) is 0 Å². The predicted octanol–water partition coefficient (Wildman–Crippen LogP) is 2.87. The van der Waals surface area contributed by atoms with Gasteiger partial charge in [-0.2, -0.15) is 0 Å². The zero-order chi connectivity index (χ0) is 21.5. The number of β-amino-alcohol motifs (C(OH)–C–C–N with tert-alkyl or cyclic N) is 1. The van der Waals surface area contributed by atoms with Gasteiger partial charge in [-0.05, 0) is 81.0 Å². The molecule has 6 nitrogen and oxygen atoms in total. The van der Waals surface area contributed by atoms with Crippen LogP contribution in [-0.4, -0.2) is 65.8 Å². The van der Waals surface area contributed by atoms with E-state index in [0.29, 0.717) is 18.2 Å². The average molecular weight is 423 g/mol. The van der Waals surface area contributed by atoms with Gasteiger partial charge in [-0.1, -0.05) is 6.07 Å². The molecule has 0 bridgehead atoms. The zero-order valence-electron chi connectivity index (χ0n) is 18.2. The first kappa shape index (κ1) is 21.8. The number of hydrogen-bond donors (Lipinski definition) is 2. The van der Waals surface area contributed by atoms with Gasteiger partial charge in [0, 0.05) is 55.9 Å². The Hall–Kier alpha value is -2.44. The van der Waals surface area contributed by atoms with Crippen molar-refractivity contribution in [2.45, 2.75) is 50.7 Å². The number of nitrogens with one attached hydrogen (secondary N) is 1. The van der Waals surface area contributed by atoms with E-state index < -0.39 is 0 Å². The summed E-state index contributed by atoms with van der Waals surface area (Å²) in [5, 5.41) is 13.5. The molecular formula is C25H34N4O2. The monoisotopic (exact) mass is 422 g/mol. The van der Waals surface area contributed by atoms with Crippen LogP contribution in [0, 0.1) is 0 Å². The van der Waals surface area contributed by atoms with E-state index in [4.69, 9.17) is 0 Å². The Bertz CT molecular complexity index is 819. The number of anilines is 1. The van der Waals surface area contributed by atoms with E-state index in [1.807, 2.05) is 30.6 Å². The first-order valence-corrected chi connectivity index (χ1v) is 11.6. The third kappa shape index (κ3) is 6.05. The molecule has 3 heterocycles. The number of rotatable bonds is 7. The van der Waals surface area contributed by atoms with Crippen LogP contribution in [0.4, 0.5) is 5.69 Å². The Morgan fingerprint density at radius 3 is 2.61 bits per heavy atom. The summed E-state index contributed by atoms with van der Waals surface area (Å²) >= 11 is 0. The van der Waals surface area contributed by atoms with Gasteiger partial charge < -0.3 is 20.2 Å². The van der Waals surface area contributed by atoms with E-state index in [1.165, 1.54) is 11.3 Å². The molecule has 31 heavy (non-hydrogen) atoms. The van der Waals surface area contributed by atoms with Crippen molar-refractivity contribution in [3.63, 3.8) is 0 Å². The van der Waals surface area contributed by atoms with Crippen molar-refractivity contribution in [1.29, 1.82) is 0 Å². The van der Waals surface area contributed by atoms with Crippen molar-refractivity contribution in [2.24, 2.45) is 0 Å². The molecule has 0 aliphatic carbocycles. The molecule has 2 aromatic rings. The first-order valence-electron chi connectivity index (χ1n) is 11.6. The fraction of sp³-hybridized carbons (Fsp3) is 0.520. The number of carbonyl (C=O) groups excluding carboxylic acids is 1. The molecule has 2 saturated heterocycles. The van der Waals surface area contributed by atoms with Crippen LogP contribution in [0.3, 0.4) is 0 Å². The van der Waals surface area contributed by atoms with Gasteiger partial charge in [-0.3, -0.25) is 9.78 Å². The van der Waals surface area contributed by atoms with Crippen LogP contribution in [-0.2, 0) is 6.42 Å². The summed E-state index contributed by atoms with van der Waals surface area (Å²) in [7, 11) is 0. The molecule has 2 aliphatic heterocycles. The van der Waals surface area contributed by atoms with E-state index >= 15 is 0 Å². The Morgan fingerprint density at radius 2 is 1.90 bits per heavy atom. The number of aliphatic hydroxyl groups excluding tert-OH is 1. The topological polar surface area (TPSA) is 68.7 Å². The molecule has 1 unspecified atom stereocenters. The van der Waals surface area contributed by atoms with Gasteiger partial charge in [0.05, 0.1) is 6.10 Å². The quantitative estimate of drug-likeness (QED) is 0.672. The standard InChI is InChI=1S/C25H34N4O2/c30-24-6-3-15-29(19-24)25(31)21-7-9-23(10-8-21)28-16-11-22(12-17-28)27-14-2-5-20-4-1-13-26-18-20/h1,4,7-10,13,18,22,24,27,30H,2-3,5-6,11-12,14-17,19H2. The summed E-state index contributed by atoms with van der Waals surface area (Å²) in [5.41, 5.74) is 3.20. The molecule has 4 rings (SSSR count). The Morgan fingerprint density at radius 1 is 1.10 bits per heavy atom. The second-order valence-electron chi connectivity index (χ2n) is 8.77. The highest BCUT2D eigenvalue weighted by Crippen LogP contribution is 2.22. The molecule has 2 aliphatic rings. The molecule has 0 radical (unpaired) electrons. The van der Waals surface area contributed by atoms with E-state index in [-0.39, 0.29) is 12.0 Å². The molecule has 1 aromatic carbocycles. The molecule has 2 fully saturated rings. The summed E-state index contributed by atoms with van der Waals surface area (Å²) in [6.45, 7) is 4.29. The number of aromatic nitrogens is 1. The molecule has 0 spiro atoms. The number of benzene rings is 1. The van der Waals surface area contributed by atoms with Crippen molar-refractivity contribution in [3.8, 4) is 0 Å². The maximum Gasteiger partial charge on any atom is 0.253 e. The van der Waals surface area contributed by atoms with Gasteiger partial charge >= 0.3 is 0 Å². The number of nitrogens with zero attached hydrogens (tertiary/aromatic N) is 3. The highest BCUT2D eigenvalue weighted by atomic mass is 16.3. The maximum absolute atomic E-state index is 12.7. The van der Waals surface area contributed by atoms with Crippen LogP contribution in [0.2, 0.25) is 0 Å². The Labute approximate surface area is 185 Å². The fourth-order valence-electron chi connectivity index (χ4n) is 4.62. The number of carbonyl (C=O) groups is 1. The highest BCUT2D eigenvalue weighted by Gasteiger charge is 2.23. The highest BCUT2D eigenvalue weighted by molar-refractivity contribution is 5.94. The van der Waals surface area contributed by atoms with Crippen LogP contribution in [0.1, 0.15) is 48.0 Å². The van der Waals surface area contributed by atoms with Gasteiger partial charge in [0.15, 0.2) is 0 Å². The summed E-state index contributed by atoms with van der Waals surface area (Å²) in [6, 6.07) is 12.7. The predicted molar refractivity (Wildman–Crippen MR) is 123 cm³/mol. The van der Waals surface area contributed by atoms with E-state index in [9.17, 15) is 9.90 Å². The molecule has 2 N–H and O–H groups in total. The number of aliphatic hydroxyl groups is 1. The second kappa shape index (κ2) is 10.7. The molecule has 1 amide bonds. The number of pyridine rings is 1. The van der Waals surface area contributed by atoms with Gasteiger partial charge in [0.25, 0.3) is 5.91 Å². The van der Waals surface area contributed by atoms with Gasteiger partial charge in [-0.25, -0.2) is 0 Å². The minimum Gasteiger partial charge on any atom is -0.391 e. The lowest BCUT2D eigenvalue weighted by molar-refractivity contribution is 0.0474. The largest absolute Gasteiger partial charge is 0.391 e. The van der Waals surface area contributed by atoms with Crippen LogP contribution in [0.5, 0.6) is 0 Å². The summed E-state index contributed by atoms with van der Waals surface area (Å²) in [6.07, 6.45) is 9.53. The summed E-state index contributed by atoms with van der Waals surface area (Å²) < 4.78 is 0. The minimum atomic E-state index is -0.387. The number of piperidine rings is 2. The first-order chi connectivity index (χ1) is 15.2. The average Bonchev–Trinajstić information content (AvgIpc) is 2.83. The van der Waals surface area contributed by atoms with Crippen molar-refractivity contribution < 1.29 is 9.90 Å². The molecule has 1 atom stereocenters. The van der Waals surface area contributed by atoms with Crippen molar-refractivity contribution in [2.75, 3.05) is 37.6 Å². The number of likely N-dealkylation sites (tertiary alicyclic amines) is 1. The van der Waals surface area contributed by atoms with Crippen LogP contribution < -0.4 is 10.2 Å². The second-order valence-corrected chi connectivity index (χ2v) is 8.77. The smallest absolute Gasteiger partial charge is 0.253 e. The maximum atomic E-state index is 12.7. The zero-order valence-corrected chi connectivity index (χ0v) is 18.2. The van der Waals surface area contributed by atoms with Crippen molar-refractivity contribution in [1.82, 2.24) is 15.2 Å². The van der Waals surface area contributed by atoms with Gasteiger partial charge in [0.1, 0.15) is 0 Å². The van der Waals surface area contributed by atoms with E-state index in [2.05, 4.69) is 33.4 Å². The fourth-order valence-corrected chi connectivity index (χ4v) is 4.62. The van der Waals surface area contributed by atoms with Gasteiger partial charge in [0.2, 0.25) is 0 Å². The molecular weight excluding hydrogens is 388 g/mol. The number of amides is 1. The third-order valence-electron chi connectivity index (χ3n) is 6.46. The molecule has 166 valence electrons. The molecule has 1 aromatic heterocycles. The Kier molecular flexibility index (Phi) is 7.54. The lowest BCUT2D eigenvalue weighted by atomic mass is 10.0. The van der Waals surface area contributed by atoms with Gasteiger partial charge in [-0.15, -0.1) is 0 Å². The normalized spacial score (nSPS) is 20.1. The Balaban J connectivity index is 1.19. The number of aryl methyl sites for hydroxylation is 1. The number of hydrogen-bond acceptors (Lipinski definition) is 5. The van der Waals surface area contributed by atoms with E-state index in [0.717, 1.165) is 64.7 Å². The SMILES string of the molecule is O=C(c1ccc(N2CCC(NCCCc3cccnc3)CC2)cc1)N1CCCC(O)C1. The van der Waals surface area contributed by atoms with Crippen LogP contribution in [0.15, 0.2) is 48.8 Å². The van der Waals surface area contributed by atoms with E-state index in [1.54, 1.807) is 4.90 Å². The minimum absolute atomic E-state index is 0.0273. The summed E-state index contributed by atoms with van der Waals surface area (Å²) in [4.78, 5) is 21.0. The van der Waals surface area contributed by atoms with Crippen molar-refractivity contribution >= 4 is 11.6 Å². The molecule has 0 saturated carbocycles. The lowest BCUT2D eigenvalue weighted by Gasteiger charge is -2.34. The van der Waals surface area contributed by atoms with Crippen molar-refractivity contribution in [3.05, 3.63) is 59.9 Å². The van der Waals surface area contributed by atoms with Crippen LogP contribution >= 0.6 is 0 Å². The molecule has 6 heteroatoms. The summed E-state index contributed by atoms with van der Waals surface area (Å²) in [5.74, 6) is 0.0273. The lowest BCUT2D eigenvalue weighted by Crippen LogP contribution is -2.43.